The summed E-state index contributed by atoms with van der Waals surface area (Å²) in [5.74, 6) is 4.01. The van der Waals surface area contributed by atoms with Crippen LogP contribution in [0.3, 0.4) is 0 Å². The Morgan fingerprint density at radius 3 is 1.78 bits per heavy atom. The van der Waals surface area contributed by atoms with Gasteiger partial charge in [0.1, 0.15) is 0 Å². The highest BCUT2D eigenvalue weighted by molar-refractivity contribution is 5.11. The van der Waals surface area contributed by atoms with Gasteiger partial charge < -0.3 is 26.3 Å². The zero-order valence-corrected chi connectivity index (χ0v) is 33.8. The van der Waals surface area contributed by atoms with E-state index in [-0.39, 0.29) is 0 Å². The minimum Gasteiger partial charge on any atom is -0.378 e. The molecule has 9 atom stereocenters. The Balaban J connectivity index is 1.11. The van der Waals surface area contributed by atoms with Gasteiger partial charge in [-0.1, -0.05) is 111 Å². The van der Waals surface area contributed by atoms with Crippen LogP contribution in [0.25, 0.3) is 0 Å². The summed E-state index contributed by atoms with van der Waals surface area (Å²) in [7, 11) is 0. The Morgan fingerprint density at radius 2 is 1.14 bits per heavy atom. The van der Waals surface area contributed by atoms with Crippen LogP contribution in [0.15, 0.2) is 0 Å². The number of unbranched alkanes of at least 4 members (excludes halogenated alkanes) is 14. The number of rotatable bonds is 28. The summed E-state index contributed by atoms with van der Waals surface area (Å²) in [6.07, 6.45) is 37.9. The molecule has 5 heteroatoms. The smallest absolute Gasteiger partial charge is 0.0611 e. The normalized spacial score (nSPS) is 33.7. The second kappa shape index (κ2) is 23.6. The van der Waals surface area contributed by atoms with Crippen LogP contribution >= 0.6 is 0 Å². The van der Waals surface area contributed by atoms with Crippen LogP contribution in [-0.2, 0) is 9.47 Å². The van der Waals surface area contributed by atoms with Gasteiger partial charge in [-0.15, -0.1) is 0 Å². The lowest BCUT2D eigenvalue weighted by Gasteiger charge is -2.63. The van der Waals surface area contributed by atoms with E-state index in [4.69, 9.17) is 20.9 Å². The summed E-state index contributed by atoms with van der Waals surface area (Å²) in [5, 5.41) is 3.80. The van der Waals surface area contributed by atoms with Crippen molar-refractivity contribution in [3.63, 3.8) is 0 Å². The van der Waals surface area contributed by atoms with E-state index < -0.39 is 0 Å². The standard InChI is InChI=1S/C45H87N3O2/c1-4-5-6-7-8-9-10-11-12-13-14-15-16-18-31-48-32-19-17-22-37-23-24-40-43-41(26-28-44(37,40)2)45(3)27-25-39(49-33-20-29-46)35-38(45)36-42(43)50-34-21-30-47/h37-43,48H,4-36,46-47H2,1-3H3/t37?,38?,39-,40+,41?,42?,43?,44?,45?/m1/s1. The molecular weight excluding hydrogens is 615 g/mol. The van der Waals surface area contributed by atoms with E-state index in [2.05, 4.69) is 26.1 Å². The molecule has 5 nitrogen and oxygen atoms in total. The third-order valence-corrected chi connectivity index (χ3v) is 15.1. The summed E-state index contributed by atoms with van der Waals surface area (Å²) in [5.41, 5.74) is 12.7. The molecule has 0 radical (unpaired) electrons. The highest BCUT2D eigenvalue weighted by Gasteiger charge is 2.62. The minimum atomic E-state index is 0.412. The maximum absolute atomic E-state index is 6.87. The molecule has 5 N–H and O–H groups in total. The fraction of sp³-hybridized carbons (Fsp3) is 1.00. The number of nitrogens with one attached hydrogen (secondary N) is 1. The number of ether oxygens (including phenoxy) is 2. The fourth-order valence-electron chi connectivity index (χ4n) is 11.9. The molecular formula is C45H87N3O2. The molecule has 4 rings (SSSR count). The molecule has 0 saturated heterocycles. The van der Waals surface area contributed by atoms with Crippen LogP contribution in [0.4, 0.5) is 0 Å². The predicted octanol–water partition coefficient (Wildman–Crippen LogP) is 11.0. The van der Waals surface area contributed by atoms with Gasteiger partial charge in [0, 0.05) is 13.2 Å². The lowest BCUT2D eigenvalue weighted by atomic mass is 9.44. The van der Waals surface area contributed by atoms with Crippen molar-refractivity contribution in [2.24, 2.45) is 51.9 Å². The topological polar surface area (TPSA) is 82.5 Å². The van der Waals surface area contributed by atoms with E-state index in [0.717, 1.165) is 68.7 Å². The maximum atomic E-state index is 6.87. The average molecular weight is 702 g/mol. The Hall–Kier alpha value is -0.200. The molecule has 4 fully saturated rings. The Labute approximate surface area is 311 Å². The number of fused-ring (bicyclic) bond motifs is 5. The number of hydrogen-bond acceptors (Lipinski definition) is 5. The van der Waals surface area contributed by atoms with Crippen molar-refractivity contribution in [1.82, 2.24) is 5.32 Å². The highest BCUT2D eigenvalue weighted by atomic mass is 16.5. The molecule has 0 aromatic heterocycles. The fourth-order valence-corrected chi connectivity index (χ4v) is 11.9. The van der Waals surface area contributed by atoms with Gasteiger partial charge in [0.05, 0.1) is 12.2 Å². The van der Waals surface area contributed by atoms with Gasteiger partial charge in [0.2, 0.25) is 0 Å². The van der Waals surface area contributed by atoms with E-state index in [9.17, 15) is 0 Å². The zero-order chi connectivity index (χ0) is 35.5. The molecule has 0 aromatic carbocycles. The van der Waals surface area contributed by atoms with E-state index in [1.165, 1.54) is 174 Å². The van der Waals surface area contributed by atoms with Gasteiger partial charge >= 0.3 is 0 Å². The maximum Gasteiger partial charge on any atom is 0.0611 e. The van der Waals surface area contributed by atoms with Crippen LogP contribution in [-0.4, -0.2) is 51.6 Å². The first kappa shape index (κ1) is 42.5. The Kier molecular flexibility index (Phi) is 20.0. The van der Waals surface area contributed by atoms with Gasteiger partial charge in [-0.3, -0.25) is 0 Å². The Morgan fingerprint density at radius 1 is 0.580 bits per heavy atom. The number of hydrogen-bond donors (Lipinski definition) is 3. The molecule has 0 aromatic rings. The molecule has 0 heterocycles. The second-order valence-electron chi connectivity index (χ2n) is 18.4. The van der Waals surface area contributed by atoms with E-state index in [0.29, 0.717) is 23.0 Å². The van der Waals surface area contributed by atoms with Crippen LogP contribution < -0.4 is 16.8 Å². The van der Waals surface area contributed by atoms with Crippen LogP contribution in [0.5, 0.6) is 0 Å². The largest absolute Gasteiger partial charge is 0.378 e. The second-order valence-corrected chi connectivity index (χ2v) is 18.4. The predicted molar refractivity (Wildman–Crippen MR) is 214 cm³/mol. The third kappa shape index (κ3) is 12.4. The van der Waals surface area contributed by atoms with Gasteiger partial charge in [0.15, 0.2) is 0 Å². The molecule has 4 aliphatic carbocycles. The monoisotopic (exact) mass is 702 g/mol. The first-order valence-electron chi connectivity index (χ1n) is 22.8. The van der Waals surface area contributed by atoms with Crippen LogP contribution in [0.1, 0.15) is 194 Å². The molecule has 4 saturated carbocycles. The quantitative estimate of drug-likeness (QED) is 0.0707. The average Bonchev–Trinajstić information content (AvgIpc) is 3.45. The summed E-state index contributed by atoms with van der Waals surface area (Å²) >= 11 is 0. The lowest BCUT2D eigenvalue weighted by molar-refractivity contribution is -0.190. The van der Waals surface area contributed by atoms with Crippen molar-refractivity contribution in [1.29, 1.82) is 0 Å². The first-order valence-corrected chi connectivity index (χ1v) is 22.8. The van der Waals surface area contributed by atoms with Gasteiger partial charge in [-0.05, 0) is 150 Å². The summed E-state index contributed by atoms with van der Waals surface area (Å²) < 4.78 is 13.2. The first-order chi connectivity index (χ1) is 24.5. The molecule has 7 unspecified atom stereocenters. The van der Waals surface area contributed by atoms with Gasteiger partial charge in [-0.25, -0.2) is 0 Å². The van der Waals surface area contributed by atoms with Crippen molar-refractivity contribution in [3.05, 3.63) is 0 Å². The van der Waals surface area contributed by atoms with E-state index >= 15 is 0 Å². The van der Waals surface area contributed by atoms with Crippen molar-refractivity contribution < 1.29 is 9.47 Å². The molecule has 0 amide bonds. The van der Waals surface area contributed by atoms with E-state index in [1.54, 1.807) is 0 Å². The molecule has 50 heavy (non-hydrogen) atoms. The van der Waals surface area contributed by atoms with E-state index in [1.807, 2.05) is 0 Å². The van der Waals surface area contributed by atoms with Crippen molar-refractivity contribution >= 4 is 0 Å². The number of nitrogens with two attached hydrogens (primary N) is 2. The van der Waals surface area contributed by atoms with Crippen molar-refractivity contribution in [2.45, 2.75) is 206 Å². The van der Waals surface area contributed by atoms with Crippen LogP contribution in [0.2, 0.25) is 0 Å². The Bertz CT molecular complexity index is 871. The summed E-state index contributed by atoms with van der Waals surface area (Å²) in [4.78, 5) is 0. The molecule has 0 aliphatic heterocycles. The zero-order valence-electron chi connectivity index (χ0n) is 33.8. The molecule has 4 aliphatic rings. The van der Waals surface area contributed by atoms with Crippen molar-refractivity contribution in [3.8, 4) is 0 Å². The minimum absolute atomic E-state index is 0.412. The molecule has 0 bridgehead atoms. The van der Waals surface area contributed by atoms with Gasteiger partial charge in [0.25, 0.3) is 0 Å². The van der Waals surface area contributed by atoms with Crippen LogP contribution in [0, 0.1) is 40.4 Å². The highest BCUT2D eigenvalue weighted by Crippen LogP contribution is 2.68. The molecule has 294 valence electrons. The van der Waals surface area contributed by atoms with Gasteiger partial charge in [-0.2, -0.15) is 0 Å². The summed E-state index contributed by atoms with van der Waals surface area (Å²) in [6.45, 7) is 13.3. The van der Waals surface area contributed by atoms with Crippen molar-refractivity contribution in [2.75, 3.05) is 39.4 Å². The SMILES string of the molecule is CCCCCCCCCCCCCCCCNCCCCC1CC[C@H]2C3C(OCCCN)CC4C[C@H](OCCCN)CCC4(C)C3CCC12C. The molecule has 0 spiro atoms. The third-order valence-electron chi connectivity index (χ3n) is 15.1. The summed E-state index contributed by atoms with van der Waals surface area (Å²) in [6, 6.07) is 0. The lowest BCUT2D eigenvalue weighted by Crippen LogP contribution is -2.59.